The second-order valence-electron chi connectivity index (χ2n) is 4.20. The summed E-state index contributed by atoms with van der Waals surface area (Å²) in [4.78, 5) is 11.4. The normalized spacial score (nSPS) is 14.9. The molecule has 2 nitrogen and oxygen atoms in total. The molecule has 1 aromatic rings. The van der Waals surface area contributed by atoms with Crippen LogP contribution < -0.4 is 5.32 Å². The third-order valence-corrected chi connectivity index (χ3v) is 2.57. The van der Waals surface area contributed by atoms with Crippen LogP contribution in [0.1, 0.15) is 18.4 Å². The molecule has 1 aromatic carbocycles. The average molecular weight is 225 g/mol. The molecule has 0 radical (unpaired) electrons. The van der Waals surface area contributed by atoms with E-state index in [2.05, 4.69) is 5.32 Å². The van der Waals surface area contributed by atoms with E-state index in [4.69, 9.17) is 0 Å². The molecule has 0 saturated heterocycles. The summed E-state index contributed by atoms with van der Waals surface area (Å²) in [5.41, 5.74) is 0.366. The zero-order valence-corrected chi connectivity index (χ0v) is 8.80. The first-order valence-corrected chi connectivity index (χ1v) is 5.35. The Kier molecular flexibility index (Phi) is 3.17. The summed E-state index contributed by atoms with van der Waals surface area (Å²) in [5, 5.41) is 2.75. The zero-order chi connectivity index (χ0) is 11.5. The Hall–Kier alpha value is -1.45. The van der Waals surface area contributed by atoms with Crippen LogP contribution in [-0.2, 0) is 11.2 Å². The zero-order valence-electron chi connectivity index (χ0n) is 8.80. The number of rotatable bonds is 4. The molecule has 1 saturated carbocycles. The van der Waals surface area contributed by atoms with Gasteiger partial charge >= 0.3 is 0 Å². The van der Waals surface area contributed by atoms with E-state index in [1.54, 1.807) is 0 Å². The Morgan fingerprint density at radius 2 is 1.88 bits per heavy atom. The number of halogens is 2. The van der Waals surface area contributed by atoms with E-state index in [1.165, 1.54) is 12.1 Å². The molecule has 0 bridgehead atoms. The molecule has 0 spiro atoms. The van der Waals surface area contributed by atoms with E-state index in [-0.39, 0.29) is 12.3 Å². The smallest absolute Gasteiger partial charge is 0.224 e. The highest BCUT2D eigenvalue weighted by atomic mass is 19.1. The van der Waals surface area contributed by atoms with Gasteiger partial charge < -0.3 is 5.32 Å². The van der Waals surface area contributed by atoms with E-state index >= 15 is 0 Å². The highest BCUT2D eigenvalue weighted by Crippen LogP contribution is 2.27. The van der Waals surface area contributed by atoms with E-state index in [0.29, 0.717) is 18.0 Å². The molecule has 1 N–H and O–H groups in total. The molecule has 16 heavy (non-hydrogen) atoms. The van der Waals surface area contributed by atoms with E-state index < -0.39 is 11.6 Å². The summed E-state index contributed by atoms with van der Waals surface area (Å²) in [6, 6.07) is 3.16. The predicted molar refractivity (Wildman–Crippen MR) is 55.8 cm³/mol. The number of hydrogen-bond donors (Lipinski definition) is 1. The van der Waals surface area contributed by atoms with Gasteiger partial charge in [0.05, 0.1) is 6.42 Å². The van der Waals surface area contributed by atoms with Crippen LogP contribution in [0, 0.1) is 17.6 Å². The predicted octanol–water partition coefficient (Wildman–Crippen LogP) is 2.03. The first kappa shape index (κ1) is 11.0. The third-order valence-electron chi connectivity index (χ3n) is 2.57. The van der Waals surface area contributed by atoms with Crippen molar-refractivity contribution in [1.29, 1.82) is 0 Å². The SMILES string of the molecule is O=C(Cc1cc(F)cc(F)c1)NCC1CC1. The Bertz CT molecular complexity index is 382. The fourth-order valence-corrected chi connectivity index (χ4v) is 1.54. The summed E-state index contributed by atoms with van der Waals surface area (Å²) in [6.45, 7) is 0.677. The summed E-state index contributed by atoms with van der Waals surface area (Å²) >= 11 is 0. The first-order valence-electron chi connectivity index (χ1n) is 5.35. The number of carbonyl (C=O) groups is 1. The highest BCUT2D eigenvalue weighted by molar-refractivity contribution is 5.78. The number of amides is 1. The van der Waals surface area contributed by atoms with Crippen LogP contribution in [0.25, 0.3) is 0 Å². The fourth-order valence-electron chi connectivity index (χ4n) is 1.54. The molecular weight excluding hydrogens is 212 g/mol. The van der Waals surface area contributed by atoms with Gasteiger partial charge in [-0.25, -0.2) is 8.78 Å². The monoisotopic (exact) mass is 225 g/mol. The van der Waals surface area contributed by atoms with Crippen LogP contribution in [0.2, 0.25) is 0 Å². The molecule has 0 unspecified atom stereocenters. The van der Waals surface area contributed by atoms with Crippen molar-refractivity contribution in [3.63, 3.8) is 0 Å². The van der Waals surface area contributed by atoms with Crippen molar-refractivity contribution in [3.05, 3.63) is 35.4 Å². The minimum Gasteiger partial charge on any atom is -0.356 e. The molecule has 0 heterocycles. The average Bonchev–Trinajstić information content (AvgIpc) is 2.96. The Balaban J connectivity index is 1.88. The standard InChI is InChI=1S/C12H13F2NO/c13-10-3-9(4-11(14)6-10)5-12(16)15-7-8-1-2-8/h3-4,6,8H,1-2,5,7H2,(H,15,16). The van der Waals surface area contributed by atoms with Crippen LogP contribution in [0.4, 0.5) is 8.78 Å². The van der Waals surface area contributed by atoms with Crippen LogP contribution in [0.5, 0.6) is 0 Å². The second kappa shape index (κ2) is 4.60. The Morgan fingerprint density at radius 3 is 2.44 bits per heavy atom. The van der Waals surface area contributed by atoms with Gasteiger partial charge in [-0.1, -0.05) is 0 Å². The lowest BCUT2D eigenvalue weighted by Crippen LogP contribution is -2.27. The molecule has 1 fully saturated rings. The van der Waals surface area contributed by atoms with Crippen molar-refractivity contribution in [2.75, 3.05) is 6.54 Å². The summed E-state index contributed by atoms with van der Waals surface area (Å²) < 4.78 is 25.7. The highest BCUT2D eigenvalue weighted by Gasteiger charge is 2.21. The molecule has 0 atom stereocenters. The minimum absolute atomic E-state index is 0.0292. The topological polar surface area (TPSA) is 29.1 Å². The summed E-state index contributed by atoms with van der Waals surface area (Å²) in [7, 11) is 0. The van der Waals surface area contributed by atoms with Crippen molar-refractivity contribution in [3.8, 4) is 0 Å². The first-order chi connectivity index (χ1) is 7.63. The van der Waals surface area contributed by atoms with Gasteiger partial charge in [-0.3, -0.25) is 4.79 Å². The maximum atomic E-state index is 12.8. The van der Waals surface area contributed by atoms with Gasteiger partial charge in [-0.2, -0.15) is 0 Å². The van der Waals surface area contributed by atoms with Crippen molar-refractivity contribution in [2.45, 2.75) is 19.3 Å². The number of nitrogens with one attached hydrogen (secondary N) is 1. The lowest BCUT2D eigenvalue weighted by Gasteiger charge is -2.04. The van der Waals surface area contributed by atoms with E-state index in [0.717, 1.165) is 18.9 Å². The number of carbonyl (C=O) groups excluding carboxylic acids is 1. The van der Waals surface area contributed by atoms with Gasteiger partial charge in [-0.15, -0.1) is 0 Å². The maximum Gasteiger partial charge on any atom is 0.224 e. The molecular formula is C12H13F2NO. The van der Waals surface area contributed by atoms with Gasteiger partial charge in [0.15, 0.2) is 0 Å². The molecule has 1 aliphatic carbocycles. The Labute approximate surface area is 92.7 Å². The number of benzene rings is 1. The van der Waals surface area contributed by atoms with Crippen molar-refractivity contribution in [2.24, 2.45) is 5.92 Å². The van der Waals surface area contributed by atoms with E-state index in [9.17, 15) is 13.6 Å². The lowest BCUT2D eigenvalue weighted by molar-refractivity contribution is -0.120. The van der Waals surface area contributed by atoms with Gasteiger partial charge in [0.25, 0.3) is 0 Å². The van der Waals surface area contributed by atoms with Gasteiger partial charge in [0.1, 0.15) is 11.6 Å². The maximum absolute atomic E-state index is 12.8. The molecule has 1 amide bonds. The summed E-state index contributed by atoms with van der Waals surface area (Å²) in [5.74, 6) is -0.875. The second-order valence-corrected chi connectivity index (χ2v) is 4.20. The molecule has 86 valence electrons. The van der Waals surface area contributed by atoms with Gasteiger partial charge in [-0.05, 0) is 36.5 Å². The summed E-state index contributed by atoms with van der Waals surface area (Å²) in [6.07, 6.45) is 2.35. The van der Waals surface area contributed by atoms with Crippen LogP contribution in [0.15, 0.2) is 18.2 Å². The molecule has 2 rings (SSSR count). The molecule has 4 heteroatoms. The quantitative estimate of drug-likeness (QED) is 0.834. The minimum atomic E-state index is -0.648. The largest absolute Gasteiger partial charge is 0.356 e. The molecule has 1 aliphatic rings. The van der Waals surface area contributed by atoms with Gasteiger partial charge in [0.2, 0.25) is 5.91 Å². The van der Waals surface area contributed by atoms with Gasteiger partial charge in [0, 0.05) is 12.6 Å². The van der Waals surface area contributed by atoms with Crippen LogP contribution in [0.3, 0.4) is 0 Å². The van der Waals surface area contributed by atoms with Crippen molar-refractivity contribution < 1.29 is 13.6 Å². The van der Waals surface area contributed by atoms with Crippen LogP contribution in [-0.4, -0.2) is 12.5 Å². The lowest BCUT2D eigenvalue weighted by atomic mass is 10.1. The third kappa shape index (κ3) is 3.29. The van der Waals surface area contributed by atoms with Crippen LogP contribution >= 0.6 is 0 Å². The Morgan fingerprint density at radius 1 is 1.25 bits per heavy atom. The van der Waals surface area contributed by atoms with E-state index in [1.807, 2.05) is 0 Å². The number of hydrogen-bond acceptors (Lipinski definition) is 1. The fraction of sp³-hybridized carbons (Fsp3) is 0.417. The molecule has 0 aliphatic heterocycles. The molecule has 0 aromatic heterocycles. The van der Waals surface area contributed by atoms with Crippen molar-refractivity contribution >= 4 is 5.91 Å². The van der Waals surface area contributed by atoms with Crippen molar-refractivity contribution in [1.82, 2.24) is 5.32 Å².